The Bertz CT molecular complexity index is 519. The Hall–Kier alpha value is -1.75. The lowest BCUT2D eigenvalue weighted by Gasteiger charge is -2.11. The van der Waals surface area contributed by atoms with Crippen LogP contribution in [0.15, 0.2) is 40.8 Å². The maximum absolute atomic E-state index is 13.5. The highest BCUT2D eigenvalue weighted by molar-refractivity contribution is 5.57. The maximum atomic E-state index is 13.5. The Kier molecular flexibility index (Phi) is 3.43. The van der Waals surface area contributed by atoms with Crippen molar-refractivity contribution in [1.29, 1.82) is 0 Å². The van der Waals surface area contributed by atoms with Gasteiger partial charge in [-0.15, -0.1) is 0 Å². The van der Waals surface area contributed by atoms with Gasteiger partial charge in [0.2, 0.25) is 0 Å². The summed E-state index contributed by atoms with van der Waals surface area (Å²) in [6, 6.07) is 8.09. The molecule has 5 heteroatoms. The Morgan fingerprint density at radius 3 is 2.33 bits per heavy atom. The van der Waals surface area contributed by atoms with Gasteiger partial charge in [0.1, 0.15) is 11.6 Å². The molecular formula is C13H12F3NO. The van der Waals surface area contributed by atoms with Crippen molar-refractivity contribution in [3.63, 3.8) is 0 Å². The number of halogens is 3. The second-order valence-corrected chi connectivity index (χ2v) is 3.91. The number of rotatable bonds is 4. The Morgan fingerprint density at radius 2 is 1.72 bits per heavy atom. The van der Waals surface area contributed by atoms with Gasteiger partial charge in [0.15, 0.2) is 5.76 Å². The van der Waals surface area contributed by atoms with Gasteiger partial charge in [-0.25, -0.2) is 4.39 Å². The molecule has 0 aliphatic rings. The van der Waals surface area contributed by atoms with E-state index in [2.05, 4.69) is 0 Å². The first-order valence-electron chi connectivity index (χ1n) is 5.47. The summed E-state index contributed by atoms with van der Waals surface area (Å²) >= 11 is 0. The number of hydrogen-bond donors (Lipinski definition) is 1. The van der Waals surface area contributed by atoms with Crippen molar-refractivity contribution < 1.29 is 17.6 Å². The first kappa shape index (κ1) is 12.7. The van der Waals surface area contributed by atoms with Gasteiger partial charge in [-0.2, -0.15) is 8.78 Å². The zero-order valence-electron chi connectivity index (χ0n) is 9.50. The first-order chi connectivity index (χ1) is 8.53. The molecule has 0 aliphatic carbocycles. The van der Waals surface area contributed by atoms with Crippen molar-refractivity contribution in [2.45, 2.75) is 12.3 Å². The summed E-state index contributed by atoms with van der Waals surface area (Å²) in [4.78, 5) is 0. The van der Waals surface area contributed by atoms with Crippen molar-refractivity contribution in [3.8, 4) is 11.3 Å². The van der Waals surface area contributed by atoms with Gasteiger partial charge in [0.25, 0.3) is 0 Å². The fourth-order valence-corrected chi connectivity index (χ4v) is 1.61. The predicted octanol–water partition coefficient (Wildman–Crippen LogP) is 3.53. The van der Waals surface area contributed by atoms with Crippen molar-refractivity contribution in [1.82, 2.24) is 0 Å². The fourth-order valence-electron chi connectivity index (χ4n) is 1.61. The Labute approximate surface area is 102 Å². The van der Waals surface area contributed by atoms with E-state index >= 15 is 0 Å². The van der Waals surface area contributed by atoms with E-state index in [4.69, 9.17) is 10.2 Å². The molecule has 0 bridgehead atoms. The molecule has 0 amide bonds. The third kappa shape index (κ3) is 2.56. The van der Waals surface area contributed by atoms with E-state index in [0.717, 1.165) is 0 Å². The van der Waals surface area contributed by atoms with Crippen molar-refractivity contribution in [2.24, 2.45) is 5.73 Å². The molecule has 1 aromatic heterocycles. The standard InChI is InChI=1S/C13H12F3NO/c14-10-3-1-9(2-4-10)11-5-6-12(18-11)13(15,16)7-8-17/h1-6H,7-8,17H2. The lowest BCUT2D eigenvalue weighted by atomic mass is 10.1. The number of furan rings is 1. The van der Waals surface area contributed by atoms with Gasteiger partial charge in [0, 0.05) is 12.0 Å². The monoisotopic (exact) mass is 255 g/mol. The van der Waals surface area contributed by atoms with Crippen molar-refractivity contribution in [3.05, 3.63) is 48.0 Å². The van der Waals surface area contributed by atoms with Gasteiger partial charge < -0.3 is 10.2 Å². The van der Waals surface area contributed by atoms with Gasteiger partial charge in [-0.1, -0.05) is 0 Å². The molecular weight excluding hydrogens is 243 g/mol. The summed E-state index contributed by atoms with van der Waals surface area (Å²) in [7, 11) is 0. The molecule has 0 fully saturated rings. The van der Waals surface area contributed by atoms with Crippen LogP contribution in [0.3, 0.4) is 0 Å². The lowest BCUT2D eigenvalue weighted by molar-refractivity contribution is -0.0311. The number of benzene rings is 1. The van der Waals surface area contributed by atoms with Crippen LogP contribution in [-0.4, -0.2) is 6.54 Å². The summed E-state index contributed by atoms with van der Waals surface area (Å²) in [5.41, 5.74) is 5.67. The van der Waals surface area contributed by atoms with Crippen LogP contribution < -0.4 is 5.73 Å². The van der Waals surface area contributed by atoms with E-state index in [1.54, 1.807) is 0 Å². The van der Waals surface area contributed by atoms with Crippen LogP contribution in [-0.2, 0) is 5.92 Å². The second-order valence-electron chi connectivity index (χ2n) is 3.91. The van der Waals surface area contributed by atoms with Gasteiger partial charge in [0.05, 0.1) is 0 Å². The minimum absolute atomic E-state index is 0.125. The van der Waals surface area contributed by atoms with E-state index in [-0.39, 0.29) is 18.1 Å². The zero-order valence-corrected chi connectivity index (χ0v) is 9.50. The van der Waals surface area contributed by atoms with Gasteiger partial charge in [-0.05, 0) is 42.9 Å². The summed E-state index contributed by atoms with van der Waals surface area (Å²) in [5.74, 6) is -3.61. The molecule has 0 aliphatic heterocycles. The van der Waals surface area contributed by atoms with Crippen LogP contribution in [0.25, 0.3) is 11.3 Å². The third-order valence-electron chi connectivity index (χ3n) is 2.55. The molecule has 2 N–H and O–H groups in total. The molecule has 0 radical (unpaired) electrons. The molecule has 2 nitrogen and oxygen atoms in total. The SMILES string of the molecule is NCCC(F)(F)c1ccc(-c2ccc(F)cc2)o1. The minimum atomic E-state index is -3.08. The predicted molar refractivity (Wildman–Crippen MR) is 61.7 cm³/mol. The molecule has 0 spiro atoms. The van der Waals surface area contributed by atoms with Crippen LogP contribution in [0.1, 0.15) is 12.2 Å². The average molecular weight is 255 g/mol. The molecule has 0 unspecified atom stereocenters. The second kappa shape index (κ2) is 4.86. The molecule has 1 heterocycles. The van der Waals surface area contributed by atoms with E-state index in [9.17, 15) is 13.2 Å². The van der Waals surface area contributed by atoms with Gasteiger partial charge >= 0.3 is 5.92 Å². The Morgan fingerprint density at radius 1 is 1.06 bits per heavy atom. The molecule has 2 aromatic rings. The summed E-state index contributed by atoms with van der Waals surface area (Å²) in [6.45, 7) is -0.125. The Balaban J connectivity index is 2.28. The third-order valence-corrected chi connectivity index (χ3v) is 2.55. The number of alkyl halides is 2. The fraction of sp³-hybridized carbons (Fsp3) is 0.231. The highest BCUT2D eigenvalue weighted by atomic mass is 19.3. The number of hydrogen-bond acceptors (Lipinski definition) is 2. The molecule has 0 saturated heterocycles. The molecule has 18 heavy (non-hydrogen) atoms. The highest BCUT2D eigenvalue weighted by Gasteiger charge is 2.34. The van der Waals surface area contributed by atoms with Crippen LogP contribution >= 0.6 is 0 Å². The van der Waals surface area contributed by atoms with Crippen LogP contribution in [0, 0.1) is 5.82 Å². The molecule has 0 atom stereocenters. The number of nitrogens with two attached hydrogens (primary N) is 1. The van der Waals surface area contributed by atoms with E-state index in [1.807, 2.05) is 0 Å². The van der Waals surface area contributed by atoms with E-state index < -0.39 is 18.1 Å². The summed E-state index contributed by atoms with van der Waals surface area (Å²) in [5, 5.41) is 0. The van der Waals surface area contributed by atoms with Crippen LogP contribution in [0.5, 0.6) is 0 Å². The highest BCUT2D eigenvalue weighted by Crippen LogP contribution is 2.34. The minimum Gasteiger partial charge on any atom is -0.455 e. The van der Waals surface area contributed by atoms with Gasteiger partial charge in [-0.3, -0.25) is 0 Å². The zero-order chi connectivity index (χ0) is 13.2. The van der Waals surface area contributed by atoms with E-state index in [0.29, 0.717) is 5.56 Å². The molecule has 2 rings (SSSR count). The van der Waals surface area contributed by atoms with Crippen molar-refractivity contribution in [2.75, 3.05) is 6.54 Å². The first-order valence-corrected chi connectivity index (χ1v) is 5.47. The molecule has 1 aromatic carbocycles. The van der Waals surface area contributed by atoms with Crippen LogP contribution in [0.2, 0.25) is 0 Å². The topological polar surface area (TPSA) is 39.2 Å². The largest absolute Gasteiger partial charge is 0.455 e. The smallest absolute Gasteiger partial charge is 0.305 e. The van der Waals surface area contributed by atoms with Crippen molar-refractivity contribution >= 4 is 0 Å². The van der Waals surface area contributed by atoms with Crippen LogP contribution in [0.4, 0.5) is 13.2 Å². The molecule has 0 saturated carbocycles. The normalized spacial score (nSPS) is 11.8. The molecule has 96 valence electrons. The average Bonchev–Trinajstić information content (AvgIpc) is 2.80. The van der Waals surface area contributed by atoms with E-state index in [1.165, 1.54) is 36.4 Å². The maximum Gasteiger partial charge on any atom is 0.305 e. The quantitative estimate of drug-likeness (QED) is 0.907. The summed E-state index contributed by atoms with van der Waals surface area (Å²) in [6.07, 6.45) is -0.469. The lowest BCUT2D eigenvalue weighted by Crippen LogP contribution is -2.17. The summed E-state index contributed by atoms with van der Waals surface area (Å²) < 4.78 is 44.9.